The lowest BCUT2D eigenvalue weighted by Gasteiger charge is -2.31. The molecule has 4 heteroatoms. The van der Waals surface area contributed by atoms with Crippen LogP contribution in [0.2, 0.25) is 0 Å². The Labute approximate surface area is 127 Å². The summed E-state index contributed by atoms with van der Waals surface area (Å²) < 4.78 is 10.7. The normalized spacial score (nSPS) is 23.1. The number of nitrogens with one attached hydrogen (secondary N) is 1. The van der Waals surface area contributed by atoms with Gasteiger partial charge < -0.3 is 9.47 Å². The second-order valence-electron chi connectivity index (χ2n) is 5.70. The predicted molar refractivity (Wildman–Crippen MR) is 82.5 cm³/mol. The molecule has 0 aromatic heterocycles. The Morgan fingerprint density at radius 2 is 2.00 bits per heavy atom. The summed E-state index contributed by atoms with van der Waals surface area (Å²) >= 11 is 0. The SMILES string of the molecule is COc1ccc(OC)c(C(C#N)NC2CCCCC2C)c1. The molecular formula is C17H24N2O2. The van der Waals surface area contributed by atoms with Crippen LogP contribution in [0.5, 0.6) is 11.5 Å². The van der Waals surface area contributed by atoms with Crippen molar-refractivity contribution in [2.75, 3.05) is 14.2 Å². The monoisotopic (exact) mass is 288 g/mol. The predicted octanol–water partition coefficient (Wildman–Crippen LogP) is 3.44. The topological polar surface area (TPSA) is 54.3 Å². The minimum absolute atomic E-state index is 0.374. The van der Waals surface area contributed by atoms with E-state index in [2.05, 4.69) is 18.3 Å². The van der Waals surface area contributed by atoms with E-state index in [0.29, 0.717) is 12.0 Å². The smallest absolute Gasteiger partial charge is 0.125 e. The Morgan fingerprint density at radius 3 is 2.62 bits per heavy atom. The largest absolute Gasteiger partial charge is 0.497 e. The molecule has 0 radical (unpaired) electrons. The van der Waals surface area contributed by atoms with Crippen molar-refractivity contribution in [3.63, 3.8) is 0 Å². The second kappa shape index (κ2) is 7.33. The Morgan fingerprint density at radius 1 is 1.24 bits per heavy atom. The third kappa shape index (κ3) is 3.68. The lowest BCUT2D eigenvalue weighted by atomic mass is 9.85. The van der Waals surface area contributed by atoms with Crippen LogP contribution in [0.15, 0.2) is 18.2 Å². The lowest BCUT2D eigenvalue weighted by molar-refractivity contribution is 0.269. The van der Waals surface area contributed by atoms with Gasteiger partial charge in [0.1, 0.15) is 17.5 Å². The van der Waals surface area contributed by atoms with Crippen LogP contribution in [-0.2, 0) is 0 Å². The molecule has 1 saturated carbocycles. The molecule has 3 unspecified atom stereocenters. The molecular weight excluding hydrogens is 264 g/mol. The Balaban J connectivity index is 2.22. The van der Waals surface area contributed by atoms with Crippen molar-refractivity contribution < 1.29 is 9.47 Å². The number of nitriles is 1. The molecule has 114 valence electrons. The first-order valence-corrected chi connectivity index (χ1v) is 7.57. The molecule has 1 aromatic rings. The number of rotatable bonds is 5. The number of methoxy groups -OCH3 is 2. The van der Waals surface area contributed by atoms with Gasteiger partial charge >= 0.3 is 0 Å². The third-order valence-electron chi connectivity index (χ3n) is 4.37. The second-order valence-corrected chi connectivity index (χ2v) is 5.70. The van der Waals surface area contributed by atoms with Crippen molar-refractivity contribution in [1.82, 2.24) is 5.32 Å². The fourth-order valence-corrected chi connectivity index (χ4v) is 3.04. The van der Waals surface area contributed by atoms with Gasteiger partial charge in [0.05, 0.1) is 20.3 Å². The van der Waals surface area contributed by atoms with Gasteiger partial charge in [-0.1, -0.05) is 19.8 Å². The van der Waals surface area contributed by atoms with Gasteiger partial charge in [-0.2, -0.15) is 5.26 Å². The average molecular weight is 288 g/mol. The van der Waals surface area contributed by atoms with E-state index in [1.807, 2.05) is 18.2 Å². The maximum absolute atomic E-state index is 9.57. The molecule has 21 heavy (non-hydrogen) atoms. The van der Waals surface area contributed by atoms with Gasteiger partial charge in [0.2, 0.25) is 0 Å². The molecule has 1 fully saturated rings. The molecule has 0 aliphatic heterocycles. The van der Waals surface area contributed by atoms with Crippen LogP contribution >= 0.6 is 0 Å². The van der Waals surface area contributed by atoms with E-state index in [1.54, 1.807) is 14.2 Å². The summed E-state index contributed by atoms with van der Waals surface area (Å²) in [4.78, 5) is 0. The summed E-state index contributed by atoms with van der Waals surface area (Å²) in [5.74, 6) is 2.06. The van der Waals surface area contributed by atoms with Crippen LogP contribution in [0, 0.1) is 17.2 Å². The molecule has 1 aliphatic carbocycles. The van der Waals surface area contributed by atoms with Crippen molar-refractivity contribution in [3.8, 4) is 17.6 Å². The van der Waals surface area contributed by atoms with Gasteiger partial charge in [-0.15, -0.1) is 0 Å². The van der Waals surface area contributed by atoms with Gasteiger partial charge in [0.15, 0.2) is 0 Å². The van der Waals surface area contributed by atoms with Crippen molar-refractivity contribution in [2.45, 2.75) is 44.7 Å². The third-order valence-corrected chi connectivity index (χ3v) is 4.37. The Hall–Kier alpha value is -1.73. The van der Waals surface area contributed by atoms with E-state index < -0.39 is 0 Å². The van der Waals surface area contributed by atoms with Gasteiger partial charge in [-0.05, 0) is 37.0 Å². The molecule has 1 aromatic carbocycles. The number of hydrogen-bond acceptors (Lipinski definition) is 4. The van der Waals surface area contributed by atoms with Crippen LogP contribution < -0.4 is 14.8 Å². The van der Waals surface area contributed by atoms with Crippen LogP contribution in [0.25, 0.3) is 0 Å². The Kier molecular flexibility index (Phi) is 5.46. The maximum Gasteiger partial charge on any atom is 0.125 e. The van der Waals surface area contributed by atoms with E-state index in [1.165, 1.54) is 19.3 Å². The molecule has 4 nitrogen and oxygen atoms in total. The highest BCUT2D eigenvalue weighted by Crippen LogP contribution is 2.32. The number of nitrogens with zero attached hydrogens (tertiary/aromatic N) is 1. The number of hydrogen-bond donors (Lipinski definition) is 1. The van der Waals surface area contributed by atoms with Gasteiger partial charge in [0.25, 0.3) is 0 Å². The molecule has 0 spiro atoms. The highest BCUT2D eigenvalue weighted by molar-refractivity contribution is 5.44. The Bertz CT molecular complexity index is 510. The zero-order chi connectivity index (χ0) is 15.2. The van der Waals surface area contributed by atoms with E-state index in [9.17, 15) is 5.26 Å². The van der Waals surface area contributed by atoms with Crippen LogP contribution in [0.4, 0.5) is 0 Å². The molecule has 1 aliphatic rings. The zero-order valence-corrected chi connectivity index (χ0v) is 13.1. The number of ether oxygens (including phenoxy) is 2. The molecule has 0 bridgehead atoms. The highest BCUT2D eigenvalue weighted by atomic mass is 16.5. The zero-order valence-electron chi connectivity index (χ0n) is 13.1. The highest BCUT2D eigenvalue weighted by Gasteiger charge is 2.26. The van der Waals surface area contributed by atoms with Crippen LogP contribution in [0.1, 0.15) is 44.2 Å². The van der Waals surface area contributed by atoms with Crippen LogP contribution in [0.3, 0.4) is 0 Å². The van der Waals surface area contributed by atoms with E-state index in [-0.39, 0.29) is 6.04 Å². The first kappa shape index (κ1) is 15.7. The van der Waals surface area contributed by atoms with Crippen molar-refractivity contribution in [2.24, 2.45) is 5.92 Å². The van der Waals surface area contributed by atoms with Crippen molar-refractivity contribution in [3.05, 3.63) is 23.8 Å². The standard InChI is InChI=1S/C17H24N2O2/c1-12-6-4-5-7-15(12)19-16(11-18)14-10-13(20-2)8-9-17(14)21-3/h8-10,12,15-16,19H,4-7H2,1-3H3. The fourth-order valence-electron chi connectivity index (χ4n) is 3.04. The molecule has 0 amide bonds. The first-order chi connectivity index (χ1) is 10.2. The van der Waals surface area contributed by atoms with Crippen molar-refractivity contribution in [1.29, 1.82) is 5.26 Å². The van der Waals surface area contributed by atoms with Gasteiger partial charge in [-0.3, -0.25) is 5.32 Å². The summed E-state index contributed by atoms with van der Waals surface area (Å²) in [5, 5.41) is 13.1. The summed E-state index contributed by atoms with van der Waals surface area (Å²) in [6.45, 7) is 2.26. The number of benzene rings is 1. The van der Waals surface area contributed by atoms with Crippen molar-refractivity contribution >= 4 is 0 Å². The summed E-state index contributed by atoms with van der Waals surface area (Å²) in [7, 11) is 3.26. The average Bonchev–Trinajstić information content (AvgIpc) is 2.53. The van der Waals surface area contributed by atoms with E-state index >= 15 is 0 Å². The minimum Gasteiger partial charge on any atom is -0.497 e. The quantitative estimate of drug-likeness (QED) is 0.901. The summed E-state index contributed by atoms with van der Waals surface area (Å²) in [5.41, 5.74) is 0.845. The molecule has 2 rings (SSSR count). The lowest BCUT2D eigenvalue weighted by Crippen LogP contribution is -2.39. The van der Waals surface area contributed by atoms with E-state index in [4.69, 9.17) is 9.47 Å². The molecule has 1 N–H and O–H groups in total. The van der Waals surface area contributed by atoms with Crippen LogP contribution in [-0.4, -0.2) is 20.3 Å². The first-order valence-electron chi connectivity index (χ1n) is 7.57. The summed E-state index contributed by atoms with van der Waals surface area (Å²) in [6, 6.07) is 7.96. The van der Waals surface area contributed by atoms with Gasteiger partial charge in [-0.25, -0.2) is 0 Å². The minimum atomic E-state index is -0.374. The molecule has 0 heterocycles. The maximum atomic E-state index is 9.57. The molecule has 0 saturated heterocycles. The molecule has 3 atom stereocenters. The fraction of sp³-hybridized carbons (Fsp3) is 0.588. The van der Waals surface area contributed by atoms with Gasteiger partial charge in [0, 0.05) is 11.6 Å². The summed E-state index contributed by atoms with van der Waals surface area (Å²) in [6.07, 6.45) is 4.88. The van der Waals surface area contributed by atoms with E-state index in [0.717, 1.165) is 23.5 Å².